The van der Waals surface area contributed by atoms with Gasteiger partial charge in [-0.2, -0.15) is 10.1 Å². The zero-order valence-electron chi connectivity index (χ0n) is 16.4. The zero-order valence-corrected chi connectivity index (χ0v) is 18.0. The fraction of sp³-hybridized carbons (Fsp3) is 0.273. The van der Waals surface area contributed by atoms with Crippen molar-refractivity contribution < 1.29 is 14.3 Å². The average Bonchev–Trinajstić information content (AvgIpc) is 2.93. The lowest BCUT2D eigenvalue weighted by atomic mass is 10.1. The number of ether oxygens (including phenoxy) is 2. The van der Waals surface area contributed by atoms with E-state index in [-0.39, 0.29) is 12.0 Å². The second-order valence-electron chi connectivity index (χ2n) is 6.63. The predicted octanol–water partition coefficient (Wildman–Crippen LogP) is 5.44. The maximum absolute atomic E-state index is 12.9. The Morgan fingerprint density at radius 1 is 1.21 bits per heavy atom. The van der Waals surface area contributed by atoms with Crippen LogP contribution in [0, 0.1) is 0 Å². The number of amides is 1. The van der Waals surface area contributed by atoms with E-state index in [9.17, 15) is 4.79 Å². The van der Waals surface area contributed by atoms with Crippen molar-refractivity contribution in [3.05, 3.63) is 58.1 Å². The summed E-state index contributed by atoms with van der Waals surface area (Å²) in [5.41, 5.74) is 2.80. The third-order valence-electron chi connectivity index (χ3n) is 4.06. The summed E-state index contributed by atoms with van der Waals surface area (Å²) in [4.78, 5) is 12.9. The van der Waals surface area contributed by atoms with Gasteiger partial charge in [-0.25, -0.2) is 0 Å². The van der Waals surface area contributed by atoms with Crippen molar-refractivity contribution in [2.24, 2.45) is 5.10 Å². The molecule has 0 radical (unpaired) electrons. The molecule has 0 aromatic heterocycles. The van der Waals surface area contributed by atoms with Gasteiger partial charge in [0.1, 0.15) is 0 Å². The van der Waals surface area contributed by atoms with Gasteiger partial charge in [0.25, 0.3) is 5.91 Å². The SMILES string of the molecule is CCOc1cc(/C=C2\C(=O)N(c3ccccc3)N=C2C)cc(Br)c1OC(C)C. The first-order chi connectivity index (χ1) is 13.4. The first kappa shape index (κ1) is 20.1. The Morgan fingerprint density at radius 2 is 1.93 bits per heavy atom. The van der Waals surface area contributed by atoms with Crippen LogP contribution in [0.25, 0.3) is 6.08 Å². The van der Waals surface area contributed by atoms with Crippen molar-refractivity contribution in [1.29, 1.82) is 0 Å². The average molecular weight is 443 g/mol. The van der Waals surface area contributed by atoms with E-state index in [1.54, 1.807) is 0 Å². The van der Waals surface area contributed by atoms with Crippen LogP contribution in [0.4, 0.5) is 5.69 Å². The molecule has 0 aliphatic carbocycles. The molecular formula is C22H23BrN2O3. The number of benzene rings is 2. The van der Waals surface area contributed by atoms with Gasteiger partial charge in [-0.05, 0) is 79.5 Å². The number of carbonyl (C=O) groups is 1. The molecule has 2 aromatic carbocycles. The van der Waals surface area contributed by atoms with E-state index in [0.29, 0.717) is 29.4 Å². The number of hydrogen-bond donors (Lipinski definition) is 0. The molecule has 3 rings (SSSR count). The summed E-state index contributed by atoms with van der Waals surface area (Å²) in [5, 5.41) is 5.85. The summed E-state index contributed by atoms with van der Waals surface area (Å²) in [6.45, 7) is 8.21. The first-order valence-corrected chi connectivity index (χ1v) is 9.99. The van der Waals surface area contributed by atoms with Crippen LogP contribution in [0.3, 0.4) is 0 Å². The van der Waals surface area contributed by atoms with Crippen LogP contribution in [0.5, 0.6) is 11.5 Å². The summed E-state index contributed by atoms with van der Waals surface area (Å²) in [7, 11) is 0. The molecular weight excluding hydrogens is 420 g/mol. The molecule has 1 amide bonds. The molecule has 1 heterocycles. The lowest BCUT2D eigenvalue weighted by molar-refractivity contribution is -0.114. The number of nitrogens with zero attached hydrogens (tertiary/aromatic N) is 2. The Kier molecular flexibility index (Phi) is 6.19. The molecule has 0 bridgehead atoms. The number of hydrogen-bond acceptors (Lipinski definition) is 4. The van der Waals surface area contributed by atoms with Gasteiger partial charge in [0.15, 0.2) is 11.5 Å². The molecule has 0 unspecified atom stereocenters. The first-order valence-electron chi connectivity index (χ1n) is 9.20. The number of hydrazone groups is 1. The Hall–Kier alpha value is -2.60. The van der Waals surface area contributed by atoms with Crippen molar-refractivity contribution in [3.63, 3.8) is 0 Å². The number of para-hydroxylation sites is 1. The standard InChI is InChI=1S/C22H23BrN2O3/c1-5-27-20-13-16(12-19(23)21(20)28-14(2)3)11-18-15(4)24-25(22(18)26)17-9-7-6-8-10-17/h6-14H,5H2,1-4H3/b18-11-. The molecule has 0 fully saturated rings. The van der Waals surface area contributed by atoms with Gasteiger partial charge >= 0.3 is 0 Å². The molecule has 0 saturated heterocycles. The van der Waals surface area contributed by atoms with Gasteiger partial charge in [0.05, 0.1) is 34.2 Å². The van der Waals surface area contributed by atoms with Crippen molar-refractivity contribution in [1.82, 2.24) is 0 Å². The highest BCUT2D eigenvalue weighted by Crippen LogP contribution is 2.38. The lowest BCUT2D eigenvalue weighted by Gasteiger charge is -2.17. The van der Waals surface area contributed by atoms with Crippen molar-refractivity contribution in [2.75, 3.05) is 11.6 Å². The Bertz CT molecular complexity index is 936. The fourth-order valence-electron chi connectivity index (χ4n) is 2.88. The zero-order chi connectivity index (χ0) is 20.3. The third-order valence-corrected chi connectivity index (χ3v) is 4.65. The largest absolute Gasteiger partial charge is 0.490 e. The maximum atomic E-state index is 12.9. The van der Waals surface area contributed by atoms with E-state index < -0.39 is 0 Å². The van der Waals surface area contributed by atoms with Gasteiger partial charge in [-0.3, -0.25) is 4.79 Å². The third kappa shape index (κ3) is 4.28. The predicted molar refractivity (Wildman–Crippen MR) is 116 cm³/mol. The molecule has 2 aromatic rings. The highest BCUT2D eigenvalue weighted by atomic mass is 79.9. The molecule has 0 atom stereocenters. The van der Waals surface area contributed by atoms with Crippen LogP contribution in [0.2, 0.25) is 0 Å². The minimum Gasteiger partial charge on any atom is -0.490 e. The second-order valence-corrected chi connectivity index (χ2v) is 7.48. The number of rotatable bonds is 6. The van der Waals surface area contributed by atoms with E-state index >= 15 is 0 Å². The van der Waals surface area contributed by atoms with E-state index in [1.165, 1.54) is 5.01 Å². The Balaban J connectivity index is 1.97. The molecule has 0 N–H and O–H groups in total. The quantitative estimate of drug-likeness (QED) is 0.559. The molecule has 1 aliphatic heterocycles. The van der Waals surface area contributed by atoms with Gasteiger partial charge in [-0.15, -0.1) is 0 Å². The minimum atomic E-state index is -0.153. The van der Waals surface area contributed by atoms with Crippen molar-refractivity contribution in [3.8, 4) is 11.5 Å². The fourth-order valence-corrected chi connectivity index (χ4v) is 3.43. The highest BCUT2D eigenvalue weighted by molar-refractivity contribution is 9.10. The molecule has 1 aliphatic rings. The molecule has 146 valence electrons. The second kappa shape index (κ2) is 8.61. The number of carbonyl (C=O) groups excluding carboxylic acids is 1. The van der Waals surface area contributed by atoms with Gasteiger partial charge in [-0.1, -0.05) is 18.2 Å². The van der Waals surface area contributed by atoms with Crippen LogP contribution in [0.15, 0.2) is 57.6 Å². The summed E-state index contributed by atoms with van der Waals surface area (Å²) >= 11 is 3.56. The molecule has 0 spiro atoms. The summed E-state index contributed by atoms with van der Waals surface area (Å²) in [5.74, 6) is 1.14. The van der Waals surface area contributed by atoms with E-state index in [1.807, 2.05) is 76.2 Å². The molecule has 5 nitrogen and oxygen atoms in total. The monoisotopic (exact) mass is 442 g/mol. The summed E-state index contributed by atoms with van der Waals surface area (Å²) in [6, 6.07) is 13.2. The number of anilines is 1. The van der Waals surface area contributed by atoms with Gasteiger partial charge in [0, 0.05) is 0 Å². The molecule has 6 heteroatoms. The van der Waals surface area contributed by atoms with Gasteiger partial charge < -0.3 is 9.47 Å². The van der Waals surface area contributed by atoms with Crippen LogP contribution < -0.4 is 14.5 Å². The molecule has 0 saturated carbocycles. The summed E-state index contributed by atoms with van der Waals surface area (Å²) < 4.78 is 12.4. The minimum absolute atomic E-state index is 0.0185. The molecule has 28 heavy (non-hydrogen) atoms. The summed E-state index contributed by atoms with van der Waals surface area (Å²) in [6.07, 6.45) is 1.85. The van der Waals surface area contributed by atoms with Gasteiger partial charge in [0.2, 0.25) is 0 Å². The Morgan fingerprint density at radius 3 is 2.57 bits per heavy atom. The topological polar surface area (TPSA) is 51.1 Å². The van der Waals surface area contributed by atoms with Crippen LogP contribution in [-0.2, 0) is 4.79 Å². The van der Waals surface area contributed by atoms with Crippen molar-refractivity contribution >= 4 is 39.3 Å². The van der Waals surface area contributed by atoms with E-state index in [2.05, 4.69) is 21.0 Å². The van der Waals surface area contributed by atoms with Crippen LogP contribution in [-0.4, -0.2) is 24.3 Å². The van der Waals surface area contributed by atoms with E-state index in [0.717, 1.165) is 15.7 Å². The van der Waals surface area contributed by atoms with Crippen LogP contribution >= 0.6 is 15.9 Å². The maximum Gasteiger partial charge on any atom is 0.280 e. The smallest absolute Gasteiger partial charge is 0.280 e. The highest BCUT2D eigenvalue weighted by Gasteiger charge is 2.28. The van der Waals surface area contributed by atoms with Crippen molar-refractivity contribution in [2.45, 2.75) is 33.8 Å². The number of halogens is 1. The van der Waals surface area contributed by atoms with Crippen LogP contribution in [0.1, 0.15) is 33.3 Å². The Labute approximate surface area is 173 Å². The normalized spacial score (nSPS) is 15.4. The lowest BCUT2D eigenvalue weighted by Crippen LogP contribution is -2.21. The van der Waals surface area contributed by atoms with E-state index in [4.69, 9.17) is 9.47 Å².